The first-order chi connectivity index (χ1) is 13.9. The van der Waals surface area contributed by atoms with Crippen LogP contribution in [0.3, 0.4) is 0 Å². The number of hydrogen-bond acceptors (Lipinski definition) is 4. The summed E-state index contributed by atoms with van der Waals surface area (Å²) in [6, 6.07) is 10.0. The second-order valence-electron chi connectivity index (χ2n) is 8.63. The lowest BCUT2D eigenvalue weighted by molar-refractivity contribution is -0.122. The molecule has 4 rings (SSSR count). The van der Waals surface area contributed by atoms with Gasteiger partial charge in [0.05, 0.1) is 11.9 Å². The van der Waals surface area contributed by atoms with Crippen LogP contribution >= 0.6 is 0 Å². The van der Waals surface area contributed by atoms with Crippen molar-refractivity contribution in [1.82, 2.24) is 14.5 Å². The van der Waals surface area contributed by atoms with Crippen LogP contribution in [-0.4, -0.2) is 67.3 Å². The van der Waals surface area contributed by atoms with Crippen molar-refractivity contribution < 1.29 is 17.9 Å². The largest absolute Gasteiger partial charge is 0.375 e. The molecular formula is C21H31N3O4S. The van der Waals surface area contributed by atoms with Gasteiger partial charge < -0.3 is 15.0 Å². The van der Waals surface area contributed by atoms with Gasteiger partial charge in [-0.1, -0.05) is 30.3 Å². The van der Waals surface area contributed by atoms with Gasteiger partial charge in [0.15, 0.2) is 0 Å². The second kappa shape index (κ2) is 8.24. The van der Waals surface area contributed by atoms with Crippen molar-refractivity contribution in [3.63, 3.8) is 0 Å². The molecule has 1 aromatic rings. The third-order valence-electron chi connectivity index (χ3n) is 6.37. The predicted octanol–water partition coefficient (Wildman–Crippen LogP) is 2.33. The van der Waals surface area contributed by atoms with Crippen LogP contribution in [-0.2, 0) is 21.3 Å². The number of piperidine rings is 1. The molecule has 1 atom stereocenters. The molecule has 2 aliphatic heterocycles. The van der Waals surface area contributed by atoms with E-state index in [1.807, 2.05) is 35.2 Å². The smallest absolute Gasteiger partial charge is 0.317 e. The van der Waals surface area contributed by atoms with Crippen LogP contribution in [0.5, 0.6) is 0 Å². The van der Waals surface area contributed by atoms with Gasteiger partial charge in [0.1, 0.15) is 0 Å². The van der Waals surface area contributed by atoms with E-state index in [9.17, 15) is 13.2 Å². The monoisotopic (exact) mass is 421 g/mol. The molecule has 2 heterocycles. The van der Waals surface area contributed by atoms with Crippen LogP contribution in [0.25, 0.3) is 0 Å². The summed E-state index contributed by atoms with van der Waals surface area (Å²) in [6.07, 6.45) is 6.25. The minimum atomic E-state index is -3.21. The molecule has 0 bridgehead atoms. The highest BCUT2D eigenvalue weighted by Gasteiger charge is 2.47. The molecular weight excluding hydrogens is 390 g/mol. The van der Waals surface area contributed by atoms with Gasteiger partial charge in [-0.3, -0.25) is 0 Å². The number of likely N-dealkylation sites (tertiary alicyclic amines) is 1. The Kier molecular flexibility index (Phi) is 5.86. The molecule has 1 spiro atoms. The fourth-order valence-electron chi connectivity index (χ4n) is 4.74. The van der Waals surface area contributed by atoms with Gasteiger partial charge >= 0.3 is 6.03 Å². The van der Waals surface area contributed by atoms with Gasteiger partial charge in [-0.05, 0) is 44.1 Å². The maximum Gasteiger partial charge on any atom is 0.317 e. The number of nitrogens with one attached hydrogen (secondary N) is 1. The molecule has 3 aliphatic rings. The summed E-state index contributed by atoms with van der Waals surface area (Å²) >= 11 is 0. The zero-order valence-corrected chi connectivity index (χ0v) is 17.9. The quantitative estimate of drug-likeness (QED) is 0.792. The topological polar surface area (TPSA) is 79.0 Å². The van der Waals surface area contributed by atoms with Crippen LogP contribution in [0.4, 0.5) is 4.79 Å². The molecule has 8 heteroatoms. The summed E-state index contributed by atoms with van der Waals surface area (Å²) in [5, 5.41) is 2.99. The maximum atomic E-state index is 12.5. The molecule has 7 nitrogen and oxygen atoms in total. The molecule has 1 unspecified atom stereocenters. The summed E-state index contributed by atoms with van der Waals surface area (Å²) in [7, 11) is -3.21. The van der Waals surface area contributed by atoms with Crippen LogP contribution < -0.4 is 5.32 Å². The van der Waals surface area contributed by atoms with Gasteiger partial charge in [0.2, 0.25) is 10.0 Å². The lowest BCUT2D eigenvalue weighted by atomic mass is 9.82. The van der Waals surface area contributed by atoms with E-state index in [4.69, 9.17) is 4.74 Å². The van der Waals surface area contributed by atoms with Crippen molar-refractivity contribution in [3.8, 4) is 0 Å². The number of carbonyl (C=O) groups is 1. The van der Waals surface area contributed by atoms with E-state index in [0.29, 0.717) is 26.2 Å². The highest BCUT2D eigenvalue weighted by atomic mass is 32.2. The summed E-state index contributed by atoms with van der Waals surface area (Å²) in [5.41, 5.74) is 0.769. The van der Waals surface area contributed by atoms with Crippen molar-refractivity contribution in [1.29, 1.82) is 0 Å². The molecule has 1 N–H and O–H groups in total. The van der Waals surface area contributed by atoms with E-state index < -0.39 is 10.0 Å². The van der Waals surface area contributed by atoms with Gasteiger partial charge in [0, 0.05) is 38.3 Å². The summed E-state index contributed by atoms with van der Waals surface area (Å²) in [6.45, 7) is 2.37. The molecule has 160 valence electrons. The molecule has 29 heavy (non-hydrogen) atoms. The molecule has 1 aromatic carbocycles. The van der Waals surface area contributed by atoms with E-state index in [-0.39, 0.29) is 23.7 Å². The number of rotatable bonds is 5. The third-order valence-corrected chi connectivity index (χ3v) is 7.73. The van der Waals surface area contributed by atoms with E-state index in [1.54, 1.807) is 4.31 Å². The summed E-state index contributed by atoms with van der Waals surface area (Å²) in [5.74, 6) is 0. The Balaban J connectivity index is 1.32. The number of amides is 2. The van der Waals surface area contributed by atoms with Crippen LogP contribution in [0.2, 0.25) is 0 Å². The second-order valence-corrected chi connectivity index (χ2v) is 10.5. The maximum absolute atomic E-state index is 12.5. The zero-order chi connectivity index (χ0) is 20.5. The number of carbonyl (C=O) groups excluding carboxylic acids is 1. The van der Waals surface area contributed by atoms with Crippen molar-refractivity contribution in [2.45, 2.75) is 62.8 Å². The number of hydrogen-bond donors (Lipinski definition) is 1. The molecule has 0 aromatic heterocycles. The van der Waals surface area contributed by atoms with Crippen LogP contribution in [0.15, 0.2) is 30.3 Å². The average molecular weight is 422 g/mol. The highest BCUT2D eigenvalue weighted by Crippen LogP contribution is 2.41. The summed E-state index contributed by atoms with van der Waals surface area (Å²) < 4.78 is 32.6. The number of benzene rings is 1. The van der Waals surface area contributed by atoms with Gasteiger partial charge in [-0.15, -0.1) is 0 Å². The Labute approximate surface area is 173 Å². The Morgan fingerprint density at radius 2 is 1.86 bits per heavy atom. The normalized spacial score (nSPS) is 24.6. The predicted molar refractivity (Wildman–Crippen MR) is 111 cm³/mol. The fraction of sp³-hybridized carbons (Fsp3) is 0.667. The number of sulfonamides is 1. The molecule has 3 fully saturated rings. The molecule has 2 saturated heterocycles. The third kappa shape index (κ3) is 4.92. The lowest BCUT2D eigenvalue weighted by Crippen LogP contribution is -2.56. The van der Waals surface area contributed by atoms with Crippen molar-refractivity contribution in [2.24, 2.45) is 0 Å². The average Bonchev–Trinajstić information content (AvgIpc) is 3.51. The molecule has 1 saturated carbocycles. The minimum Gasteiger partial charge on any atom is -0.375 e. The Morgan fingerprint density at radius 3 is 2.48 bits per heavy atom. The van der Waals surface area contributed by atoms with E-state index in [1.165, 1.54) is 6.26 Å². The Morgan fingerprint density at radius 1 is 1.17 bits per heavy atom. The fourth-order valence-corrected chi connectivity index (χ4v) is 6.21. The van der Waals surface area contributed by atoms with Gasteiger partial charge in [-0.25, -0.2) is 13.2 Å². The van der Waals surface area contributed by atoms with Gasteiger partial charge in [0.25, 0.3) is 0 Å². The zero-order valence-electron chi connectivity index (χ0n) is 17.0. The van der Waals surface area contributed by atoms with Crippen molar-refractivity contribution in [2.75, 3.05) is 26.0 Å². The van der Waals surface area contributed by atoms with Gasteiger partial charge in [-0.2, -0.15) is 4.31 Å². The van der Waals surface area contributed by atoms with E-state index >= 15 is 0 Å². The Hall–Kier alpha value is -1.64. The SMILES string of the molecule is CS(=O)(=O)N(C1CC1)C1CCOC2(CCN(C(=O)NCc3ccccc3)CC2)C1. The number of nitrogens with zero attached hydrogens (tertiary/aromatic N) is 2. The van der Waals surface area contributed by atoms with Crippen LogP contribution in [0, 0.1) is 0 Å². The van der Waals surface area contributed by atoms with E-state index in [0.717, 1.165) is 44.1 Å². The lowest BCUT2D eigenvalue weighted by Gasteiger charge is -2.48. The van der Waals surface area contributed by atoms with Crippen molar-refractivity contribution >= 4 is 16.1 Å². The highest BCUT2D eigenvalue weighted by molar-refractivity contribution is 7.88. The molecule has 1 aliphatic carbocycles. The van der Waals surface area contributed by atoms with Crippen molar-refractivity contribution in [3.05, 3.63) is 35.9 Å². The van der Waals surface area contributed by atoms with Crippen LogP contribution in [0.1, 0.15) is 44.1 Å². The first-order valence-corrected chi connectivity index (χ1v) is 12.4. The molecule has 2 amide bonds. The summed E-state index contributed by atoms with van der Waals surface area (Å²) in [4.78, 5) is 14.4. The molecule has 0 radical (unpaired) electrons. The first-order valence-electron chi connectivity index (χ1n) is 10.6. The van der Waals surface area contributed by atoms with E-state index in [2.05, 4.69) is 5.32 Å². The number of urea groups is 1. The number of ether oxygens (including phenoxy) is 1. The standard InChI is InChI=1S/C21H31N3O4S/c1-29(26,27)24(18-7-8-18)19-9-14-28-21(15-19)10-12-23(13-11-21)20(25)22-16-17-5-3-2-4-6-17/h2-6,18-19H,7-16H2,1H3,(H,22,25). The first kappa shape index (κ1) is 20.6. The Bertz CT molecular complexity index is 818. The minimum absolute atomic E-state index is 0.0182.